The molecule has 4 nitrogen and oxygen atoms in total. The van der Waals surface area contributed by atoms with Gasteiger partial charge in [0.25, 0.3) is 5.91 Å². The van der Waals surface area contributed by atoms with Crippen molar-refractivity contribution in [3.8, 4) is 0 Å². The molecule has 1 N–H and O–H groups in total. The van der Waals surface area contributed by atoms with E-state index in [2.05, 4.69) is 5.32 Å². The smallest absolute Gasteiger partial charge is 0.287 e. The van der Waals surface area contributed by atoms with Crippen LogP contribution in [-0.4, -0.2) is 24.0 Å². The summed E-state index contributed by atoms with van der Waals surface area (Å²) in [6.07, 6.45) is 5.66. The molecule has 2 fully saturated rings. The molecule has 0 aromatic rings. The molecule has 4 heteroatoms. The zero-order chi connectivity index (χ0) is 12.3. The summed E-state index contributed by atoms with van der Waals surface area (Å²) in [7, 11) is 0. The number of hydrogen-bond acceptors (Lipinski definition) is 3. The van der Waals surface area contributed by atoms with Crippen LogP contribution in [0.3, 0.4) is 0 Å². The Labute approximate surface area is 101 Å². The Morgan fingerprint density at radius 3 is 2.59 bits per heavy atom. The Hall–Kier alpha value is -1.19. The van der Waals surface area contributed by atoms with Crippen LogP contribution in [0.4, 0.5) is 0 Å². The Kier molecular flexibility index (Phi) is 3.92. The fourth-order valence-corrected chi connectivity index (χ4v) is 2.25. The molecule has 2 aliphatic carbocycles. The van der Waals surface area contributed by atoms with Crippen LogP contribution in [0.1, 0.15) is 44.9 Å². The molecule has 17 heavy (non-hydrogen) atoms. The van der Waals surface area contributed by atoms with Gasteiger partial charge in [0.2, 0.25) is 5.78 Å². The Morgan fingerprint density at radius 2 is 1.94 bits per heavy atom. The topological polar surface area (TPSA) is 63.2 Å². The molecule has 0 heterocycles. The maximum Gasteiger partial charge on any atom is 0.287 e. The maximum absolute atomic E-state index is 11.6. The fraction of sp³-hybridized carbons (Fsp3) is 0.769. The lowest BCUT2D eigenvalue weighted by Gasteiger charge is -2.19. The molecular weight excluding hydrogens is 218 g/mol. The minimum atomic E-state index is -0.504. The quantitative estimate of drug-likeness (QED) is 0.731. The van der Waals surface area contributed by atoms with Crippen molar-refractivity contribution in [1.82, 2.24) is 5.32 Å². The number of carbonyl (C=O) groups excluding carboxylic acids is 3. The lowest BCUT2D eigenvalue weighted by molar-refractivity contribution is -0.139. The van der Waals surface area contributed by atoms with Gasteiger partial charge in [-0.1, -0.05) is 6.42 Å². The van der Waals surface area contributed by atoms with Crippen LogP contribution >= 0.6 is 0 Å². The zero-order valence-electron chi connectivity index (χ0n) is 10.0. The van der Waals surface area contributed by atoms with Crippen molar-refractivity contribution in [2.24, 2.45) is 11.8 Å². The average molecular weight is 237 g/mol. The standard InChI is InChI=1S/C13H19NO3/c15-11-4-2-1-3-10(11)7-12(16)13(17)14-8-9-5-6-9/h9-10H,1-8H2,(H,14,17). The van der Waals surface area contributed by atoms with Crippen molar-refractivity contribution >= 4 is 17.5 Å². The maximum atomic E-state index is 11.6. The molecule has 0 radical (unpaired) electrons. The van der Waals surface area contributed by atoms with Crippen molar-refractivity contribution in [1.29, 1.82) is 0 Å². The van der Waals surface area contributed by atoms with Gasteiger partial charge in [0.1, 0.15) is 5.78 Å². The van der Waals surface area contributed by atoms with E-state index in [1.807, 2.05) is 0 Å². The van der Waals surface area contributed by atoms with Gasteiger partial charge in [-0.25, -0.2) is 0 Å². The molecule has 1 amide bonds. The molecule has 2 aliphatic rings. The first kappa shape index (κ1) is 12.3. The molecule has 0 bridgehead atoms. The van der Waals surface area contributed by atoms with Crippen molar-refractivity contribution in [3.05, 3.63) is 0 Å². The van der Waals surface area contributed by atoms with Crippen LogP contribution in [0.25, 0.3) is 0 Å². The minimum absolute atomic E-state index is 0.106. The third-order valence-electron chi connectivity index (χ3n) is 3.61. The lowest BCUT2D eigenvalue weighted by atomic mass is 9.84. The number of nitrogens with one attached hydrogen (secondary N) is 1. The fourth-order valence-electron chi connectivity index (χ4n) is 2.25. The van der Waals surface area contributed by atoms with E-state index in [9.17, 15) is 14.4 Å². The summed E-state index contributed by atoms with van der Waals surface area (Å²) >= 11 is 0. The second kappa shape index (κ2) is 5.43. The van der Waals surface area contributed by atoms with E-state index in [0.29, 0.717) is 18.9 Å². The Bertz CT molecular complexity index is 334. The molecule has 1 unspecified atom stereocenters. The summed E-state index contributed by atoms with van der Waals surface area (Å²) < 4.78 is 0. The van der Waals surface area contributed by atoms with E-state index in [-0.39, 0.29) is 18.1 Å². The van der Waals surface area contributed by atoms with Crippen LogP contribution in [-0.2, 0) is 14.4 Å². The van der Waals surface area contributed by atoms with Gasteiger partial charge in [0, 0.05) is 25.3 Å². The number of Topliss-reactive ketones (excluding diaryl/α,β-unsaturated/α-hetero) is 2. The third-order valence-corrected chi connectivity index (χ3v) is 3.61. The second-order valence-electron chi connectivity index (χ2n) is 5.19. The van der Waals surface area contributed by atoms with Crippen molar-refractivity contribution in [2.75, 3.05) is 6.54 Å². The van der Waals surface area contributed by atoms with Gasteiger partial charge >= 0.3 is 0 Å². The highest BCUT2D eigenvalue weighted by Crippen LogP contribution is 2.27. The summed E-state index contributed by atoms with van der Waals surface area (Å²) in [6.45, 7) is 0.614. The number of hydrogen-bond donors (Lipinski definition) is 1. The highest BCUT2D eigenvalue weighted by molar-refractivity contribution is 6.36. The van der Waals surface area contributed by atoms with E-state index in [4.69, 9.17) is 0 Å². The Morgan fingerprint density at radius 1 is 1.18 bits per heavy atom. The number of rotatable bonds is 5. The predicted octanol–water partition coefficient (Wildman–Crippen LogP) is 1.23. The van der Waals surface area contributed by atoms with E-state index in [1.54, 1.807) is 0 Å². The molecule has 0 saturated heterocycles. The van der Waals surface area contributed by atoms with E-state index in [1.165, 1.54) is 0 Å². The van der Waals surface area contributed by atoms with Gasteiger partial charge in [-0.15, -0.1) is 0 Å². The third kappa shape index (κ3) is 3.65. The molecule has 2 saturated carbocycles. The van der Waals surface area contributed by atoms with Crippen LogP contribution in [0.2, 0.25) is 0 Å². The van der Waals surface area contributed by atoms with Gasteiger partial charge in [0.05, 0.1) is 0 Å². The largest absolute Gasteiger partial charge is 0.349 e. The first-order chi connectivity index (χ1) is 8.16. The predicted molar refractivity (Wildman–Crippen MR) is 62.3 cm³/mol. The van der Waals surface area contributed by atoms with E-state index < -0.39 is 11.7 Å². The molecule has 0 aromatic carbocycles. The van der Waals surface area contributed by atoms with Crippen LogP contribution in [0.5, 0.6) is 0 Å². The summed E-state index contributed by atoms with van der Waals surface area (Å²) in [5.74, 6) is -0.410. The lowest BCUT2D eigenvalue weighted by Crippen LogP contribution is -2.35. The molecule has 0 spiro atoms. The highest BCUT2D eigenvalue weighted by Gasteiger charge is 2.28. The molecule has 94 valence electrons. The first-order valence-electron chi connectivity index (χ1n) is 6.50. The summed E-state index contributed by atoms with van der Waals surface area (Å²) in [5.41, 5.74) is 0. The van der Waals surface area contributed by atoms with Crippen LogP contribution < -0.4 is 5.32 Å². The van der Waals surface area contributed by atoms with Gasteiger partial charge in [-0.3, -0.25) is 14.4 Å². The van der Waals surface area contributed by atoms with Gasteiger partial charge in [0.15, 0.2) is 0 Å². The van der Waals surface area contributed by atoms with Gasteiger partial charge < -0.3 is 5.32 Å². The van der Waals surface area contributed by atoms with Crippen LogP contribution in [0, 0.1) is 11.8 Å². The average Bonchev–Trinajstić information content (AvgIpc) is 3.13. The van der Waals surface area contributed by atoms with Crippen molar-refractivity contribution in [3.63, 3.8) is 0 Å². The number of carbonyl (C=O) groups is 3. The van der Waals surface area contributed by atoms with E-state index >= 15 is 0 Å². The molecule has 1 atom stereocenters. The van der Waals surface area contributed by atoms with Crippen molar-refractivity contribution in [2.45, 2.75) is 44.9 Å². The molecular formula is C13H19NO3. The molecule has 2 rings (SSSR count). The van der Waals surface area contributed by atoms with E-state index in [0.717, 1.165) is 32.1 Å². The number of amides is 1. The minimum Gasteiger partial charge on any atom is -0.349 e. The highest BCUT2D eigenvalue weighted by atomic mass is 16.2. The Balaban J connectivity index is 1.74. The normalized spacial score (nSPS) is 24.5. The molecule has 0 aliphatic heterocycles. The summed E-state index contributed by atoms with van der Waals surface area (Å²) in [6, 6.07) is 0. The SMILES string of the molecule is O=C(CC1CCCCC1=O)C(=O)NCC1CC1. The summed E-state index contributed by atoms with van der Waals surface area (Å²) in [4.78, 5) is 34.7. The number of ketones is 2. The monoisotopic (exact) mass is 237 g/mol. The second-order valence-corrected chi connectivity index (χ2v) is 5.19. The zero-order valence-corrected chi connectivity index (χ0v) is 10.0. The van der Waals surface area contributed by atoms with Gasteiger partial charge in [-0.05, 0) is 31.6 Å². The first-order valence-corrected chi connectivity index (χ1v) is 6.50. The van der Waals surface area contributed by atoms with Crippen molar-refractivity contribution < 1.29 is 14.4 Å². The molecule has 0 aromatic heterocycles. The van der Waals surface area contributed by atoms with Crippen LogP contribution in [0.15, 0.2) is 0 Å². The van der Waals surface area contributed by atoms with Gasteiger partial charge in [-0.2, -0.15) is 0 Å². The summed E-state index contributed by atoms with van der Waals surface area (Å²) in [5, 5.41) is 2.65.